The molecule has 0 saturated heterocycles. The number of esters is 1. The number of pyridine rings is 1. The summed E-state index contributed by atoms with van der Waals surface area (Å²) in [5.41, 5.74) is -0.282. The first-order chi connectivity index (χ1) is 7.99. The molecule has 0 aliphatic heterocycles. The van der Waals surface area contributed by atoms with Gasteiger partial charge in [-0.15, -0.1) is 0 Å². The molecule has 1 aromatic rings. The van der Waals surface area contributed by atoms with Crippen LogP contribution in [0.1, 0.15) is 17.8 Å². The zero-order chi connectivity index (χ0) is 13.0. The molecule has 1 aromatic heterocycles. The minimum Gasteiger partial charge on any atom is -0.495 e. The maximum Gasteiger partial charge on any atom is 0.311 e. The van der Waals surface area contributed by atoms with Crippen LogP contribution in [0.5, 0.6) is 5.75 Å². The van der Waals surface area contributed by atoms with Gasteiger partial charge in [-0.3, -0.25) is 4.79 Å². The van der Waals surface area contributed by atoms with Gasteiger partial charge in [-0.25, -0.2) is 13.8 Å². The van der Waals surface area contributed by atoms with Crippen molar-refractivity contribution in [1.82, 2.24) is 4.98 Å². The zero-order valence-corrected chi connectivity index (χ0v) is 10.8. The average Bonchev–Trinajstić information content (AvgIpc) is 2.31. The van der Waals surface area contributed by atoms with Crippen molar-refractivity contribution in [2.45, 2.75) is 12.8 Å². The van der Waals surface area contributed by atoms with Crippen molar-refractivity contribution in [3.8, 4) is 5.75 Å². The maximum absolute atomic E-state index is 12.6. The number of ether oxygens (including phenoxy) is 2. The zero-order valence-electron chi connectivity index (χ0n) is 9.17. The van der Waals surface area contributed by atoms with E-state index in [4.69, 9.17) is 4.74 Å². The molecule has 0 radical (unpaired) electrons. The highest BCUT2D eigenvalue weighted by Crippen LogP contribution is 2.31. The Morgan fingerprint density at radius 2 is 2.18 bits per heavy atom. The molecule has 0 aliphatic rings. The van der Waals surface area contributed by atoms with E-state index >= 15 is 0 Å². The van der Waals surface area contributed by atoms with Gasteiger partial charge >= 0.3 is 5.97 Å². The van der Waals surface area contributed by atoms with Gasteiger partial charge in [0, 0.05) is 6.07 Å². The fraction of sp³-hybridized carbons (Fsp3) is 0.400. The summed E-state index contributed by atoms with van der Waals surface area (Å²) >= 11 is 3.14. The molecular formula is C10H10BrF2NO3. The summed E-state index contributed by atoms with van der Waals surface area (Å²) in [7, 11) is 2.56. The van der Waals surface area contributed by atoms with Crippen LogP contribution in [-0.4, -0.2) is 25.2 Å². The smallest absolute Gasteiger partial charge is 0.311 e. The van der Waals surface area contributed by atoms with Crippen LogP contribution in [0.25, 0.3) is 0 Å². The fourth-order valence-corrected chi connectivity index (χ4v) is 1.67. The Balaban J connectivity index is 3.17. The molecule has 0 aliphatic carbocycles. The predicted molar refractivity (Wildman–Crippen MR) is 59.2 cm³/mol. The van der Waals surface area contributed by atoms with Crippen molar-refractivity contribution in [3.63, 3.8) is 0 Å². The molecule has 0 atom stereocenters. The summed E-state index contributed by atoms with van der Waals surface area (Å²) < 4.78 is 34.9. The van der Waals surface area contributed by atoms with Gasteiger partial charge in [0.1, 0.15) is 11.4 Å². The lowest BCUT2D eigenvalue weighted by molar-refractivity contribution is -0.139. The number of rotatable bonds is 4. The van der Waals surface area contributed by atoms with Gasteiger partial charge in [0.05, 0.1) is 30.8 Å². The number of aromatic nitrogens is 1. The second-order valence-electron chi connectivity index (χ2n) is 3.06. The Morgan fingerprint density at radius 1 is 1.53 bits per heavy atom. The van der Waals surface area contributed by atoms with Crippen LogP contribution < -0.4 is 4.74 Å². The van der Waals surface area contributed by atoms with E-state index in [1.807, 2.05) is 0 Å². The first-order valence-electron chi connectivity index (χ1n) is 4.57. The Hall–Kier alpha value is -1.24. The van der Waals surface area contributed by atoms with Gasteiger partial charge in [0.2, 0.25) is 0 Å². The van der Waals surface area contributed by atoms with Crippen LogP contribution in [0.3, 0.4) is 0 Å². The van der Waals surface area contributed by atoms with Gasteiger partial charge in [-0.05, 0) is 15.9 Å². The lowest BCUT2D eigenvalue weighted by Gasteiger charge is -2.10. The van der Waals surface area contributed by atoms with E-state index in [2.05, 4.69) is 25.7 Å². The second-order valence-corrected chi connectivity index (χ2v) is 3.86. The van der Waals surface area contributed by atoms with Crippen molar-refractivity contribution in [2.24, 2.45) is 0 Å². The largest absolute Gasteiger partial charge is 0.495 e. The minimum atomic E-state index is -2.73. The lowest BCUT2D eigenvalue weighted by atomic mass is 10.2. The van der Waals surface area contributed by atoms with Crippen molar-refractivity contribution < 1.29 is 23.0 Å². The van der Waals surface area contributed by atoms with Crippen LogP contribution in [0.15, 0.2) is 10.5 Å². The molecule has 0 bridgehead atoms. The predicted octanol–water partition coefficient (Wildman–Crippen LogP) is 2.51. The van der Waals surface area contributed by atoms with Gasteiger partial charge < -0.3 is 9.47 Å². The highest BCUT2D eigenvalue weighted by Gasteiger charge is 2.18. The summed E-state index contributed by atoms with van der Waals surface area (Å²) in [6.45, 7) is 0. The first-order valence-corrected chi connectivity index (χ1v) is 5.37. The molecule has 0 saturated carbocycles. The molecule has 0 amide bonds. The third kappa shape index (κ3) is 3.36. The first kappa shape index (κ1) is 13.8. The SMILES string of the molecule is COC(=O)Cc1nc(C(F)F)cc(OC)c1Br. The average molecular weight is 310 g/mol. The summed E-state index contributed by atoms with van der Waals surface area (Å²) in [6.07, 6.45) is -2.93. The molecule has 0 fully saturated rings. The van der Waals surface area contributed by atoms with Crippen LogP contribution in [-0.2, 0) is 16.0 Å². The Labute approximate surface area is 105 Å². The third-order valence-electron chi connectivity index (χ3n) is 2.00. The van der Waals surface area contributed by atoms with Gasteiger partial charge in [-0.2, -0.15) is 0 Å². The van der Waals surface area contributed by atoms with Gasteiger partial charge in [0.25, 0.3) is 6.43 Å². The molecule has 1 heterocycles. The summed E-state index contributed by atoms with van der Waals surface area (Å²) in [6, 6.07) is 1.12. The number of hydrogen-bond donors (Lipinski definition) is 0. The van der Waals surface area contributed by atoms with E-state index in [0.29, 0.717) is 4.47 Å². The molecule has 0 aromatic carbocycles. The second kappa shape index (κ2) is 5.90. The van der Waals surface area contributed by atoms with Crippen LogP contribution in [0, 0.1) is 0 Å². The highest BCUT2D eigenvalue weighted by atomic mass is 79.9. The van der Waals surface area contributed by atoms with Crippen molar-refractivity contribution in [2.75, 3.05) is 14.2 Å². The molecule has 1 rings (SSSR count). The number of carbonyl (C=O) groups is 1. The molecule has 7 heteroatoms. The van der Waals surface area contributed by atoms with E-state index in [0.717, 1.165) is 6.07 Å². The Kier molecular flexibility index (Phi) is 4.80. The van der Waals surface area contributed by atoms with E-state index in [-0.39, 0.29) is 17.9 Å². The van der Waals surface area contributed by atoms with Gasteiger partial charge in [0.15, 0.2) is 0 Å². The van der Waals surface area contributed by atoms with Gasteiger partial charge in [-0.1, -0.05) is 0 Å². The topological polar surface area (TPSA) is 48.4 Å². The molecule has 0 N–H and O–H groups in total. The molecule has 17 heavy (non-hydrogen) atoms. The Morgan fingerprint density at radius 3 is 2.65 bits per heavy atom. The van der Waals surface area contributed by atoms with Crippen molar-refractivity contribution in [3.05, 3.63) is 21.9 Å². The summed E-state index contributed by atoms with van der Waals surface area (Å²) in [5.74, 6) is -0.360. The lowest BCUT2D eigenvalue weighted by Crippen LogP contribution is -2.09. The molecule has 4 nitrogen and oxygen atoms in total. The number of alkyl halides is 2. The maximum atomic E-state index is 12.6. The normalized spacial score (nSPS) is 10.5. The number of methoxy groups -OCH3 is 2. The summed E-state index contributed by atoms with van der Waals surface area (Å²) in [5, 5.41) is 0. The quantitative estimate of drug-likeness (QED) is 0.802. The molecule has 0 unspecified atom stereocenters. The van der Waals surface area contributed by atoms with Crippen LogP contribution >= 0.6 is 15.9 Å². The van der Waals surface area contributed by atoms with Crippen LogP contribution in [0.2, 0.25) is 0 Å². The third-order valence-corrected chi connectivity index (χ3v) is 2.84. The van der Waals surface area contributed by atoms with E-state index in [1.165, 1.54) is 14.2 Å². The molecule has 0 spiro atoms. The standard InChI is InChI=1S/C10H10BrF2NO3/c1-16-7-3-6(10(12)13)14-5(9(7)11)4-8(15)17-2/h3,10H,4H2,1-2H3. The number of halogens is 3. The number of carbonyl (C=O) groups excluding carboxylic acids is 1. The highest BCUT2D eigenvalue weighted by molar-refractivity contribution is 9.10. The number of hydrogen-bond acceptors (Lipinski definition) is 4. The van der Waals surface area contributed by atoms with E-state index < -0.39 is 18.1 Å². The van der Waals surface area contributed by atoms with Crippen LogP contribution in [0.4, 0.5) is 8.78 Å². The summed E-state index contributed by atoms with van der Waals surface area (Å²) in [4.78, 5) is 14.8. The fourth-order valence-electron chi connectivity index (χ4n) is 1.16. The monoisotopic (exact) mass is 309 g/mol. The number of nitrogens with zero attached hydrogens (tertiary/aromatic N) is 1. The van der Waals surface area contributed by atoms with Crippen molar-refractivity contribution in [1.29, 1.82) is 0 Å². The molecule has 94 valence electrons. The molecular weight excluding hydrogens is 300 g/mol. The van der Waals surface area contributed by atoms with Crippen molar-refractivity contribution >= 4 is 21.9 Å². The van der Waals surface area contributed by atoms with E-state index in [9.17, 15) is 13.6 Å². The minimum absolute atomic E-state index is 0.159. The Bertz CT molecular complexity index is 426. The van der Waals surface area contributed by atoms with E-state index in [1.54, 1.807) is 0 Å².